The molecule has 0 saturated carbocycles. The Morgan fingerprint density at radius 3 is 3.23 bits per heavy atom. The average Bonchev–Trinajstić information content (AvgIpc) is 2.75. The second-order valence-corrected chi connectivity index (χ2v) is 3.33. The van der Waals surface area contributed by atoms with Gasteiger partial charge in [-0.15, -0.1) is 0 Å². The summed E-state index contributed by atoms with van der Waals surface area (Å²) in [6.07, 6.45) is 5.92. The van der Waals surface area contributed by atoms with Gasteiger partial charge in [0.15, 0.2) is 0 Å². The molecule has 13 heavy (non-hydrogen) atoms. The Labute approximate surface area is 79.8 Å². The molecular formula is C8H9N3OS. The van der Waals surface area contributed by atoms with E-state index in [2.05, 4.69) is 14.7 Å². The quantitative estimate of drug-likeness (QED) is 0.808. The highest BCUT2D eigenvalue weighted by Gasteiger charge is 1.96. The number of hydrogen-bond acceptors (Lipinski definition) is 5. The lowest BCUT2D eigenvalue weighted by Crippen LogP contribution is -2.03. The Bertz CT molecular complexity index is 296. The normalized spacial score (nSPS) is 10.2. The molecule has 0 bridgehead atoms. The van der Waals surface area contributed by atoms with Gasteiger partial charge in [0.25, 0.3) is 0 Å². The summed E-state index contributed by atoms with van der Waals surface area (Å²) in [5.41, 5.74) is 1.19. The van der Waals surface area contributed by atoms with E-state index >= 15 is 0 Å². The third kappa shape index (κ3) is 2.29. The van der Waals surface area contributed by atoms with Gasteiger partial charge < -0.3 is 9.73 Å². The van der Waals surface area contributed by atoms with Crippen LogP contribution in [0.25, 0.3) is 0 Å². The molecule has 1 N–H and O–H groups in total. The second-order valence-electron chi connectivity index (χ2n) is 2.55. The smallest absolute Gasteiger partial charge is 0.202 e. The van der Waals surface area contributed by atoms with Crippen LogP contribution in [0.15, 0.2) is 29.3 Å². The second kappa shape index (κ2) is 4.04. The van der Waals surface area contributed by atoms with Crippen LogP contribution in [0.4, 0.5) is 5.13 Å². The monoisotopic (exact) mass is 195 g/mol. The number of anilines is 1. The van der Waals surface area contributed by atoms with E-state index in [-0.39, 0.29) is 0 Å². The van der Waals surface area contributed by atoms with Gasteiger partial charge in [0, 0.05) is 18.1 Å². The summed E-state index contributed by atoms with van der Waals surface area (Å²) in [4.78, 5) is 4.01. The minimum Gasteiger partial charge on any atom is -0.472 e. The Balaban J connectivity index is 1.76. The van der Waals surface area contributed by atoms with Crippen molar-refractivity contribution in [1.82, 2.24) is 9.36 Å². The summed E-state index contributed by atoms with van der Waals surface area (Å²) in [7, 11) is 0. The van der Waals surface area contributed by atoms with Crippen LogP contribution in [0.3, 0.4) is 0 Å². The van der Waals surface area contributed by atoms with Crippen LogP contribution in [-0.4, -0.2) is 15.9 Å². The molecule has 0 aliphatic heterocycles. The van der Waals surface area contributed by atoms with Crippen molar-refractivity contribution < 1.29 is 4.42 Å². The number of rotatable bonds is 4. The van der Waals surface area contributed by atoms with Gasteiger partial charge in [0.2, 0.25) is 5.13 Å². The summed E-state index contributed by atoms with van der Waals surface area (Å²) in [6.45, 7) is 0.856. The topological polar surface area (TPSA) is 51.0 Å². The summed E-state index contributed by atoms with van der Waals surface area (Å²) < 4.78 is 8.84. The van der Waals surface area contributed by atoms with Crippen LogP contribution in [0, 0.1) is 0 Å². The Morgan fingerprint density at radius 2 is 2.54 bits per heavy atom. The molecule has 4 nitrogen and oxygen atoms in total. The van der Waals surface area contributed by atoms with Crippen LogP contribution in [-0.2, 0) is 6.42 Å². The minimum atomic E-state index is 0.856. The summed E-state index contributed by atoms with van der Waals surface area (Å²) in [6, 6.07) is 1.96. The zero-order valence-electron chi connectivity index (χ0n) is 6.93. The lowest BCUT2D eigenvalue weighted by atomic mass is 10.2. The standard InChI is InChI=1S/C8H9N3OS/c1(7-2-4-12-5-7)3-9-8-10-6-11-13-8/h2,4-6H,1,3H2,(H,9,10,11). The molecule has 2 aromatic rings. The van der Waals surface area contributed by atoms with Crippen molar-refractivity contribution >= 4 is 16.7 Å². The predicted molar refractivity (Wildman–Crippen MR) is 50.8 cm³/mol. The lowest BCUT2D eigenvalue weighted by molar-refractivity contribution is 0.564. The Hall–Kier alpha value is -1.36. The molecule has 5 heteroatoms. The molecule has 2 rings (SSSR count). The van der Waals surface area contributed by atoms with E-state index < -0.39 is 0 Å². The van der Waals surface area contributed by atoms with Crippen LogP contribution in [0.5, 0.6) is 0 Å². The van der Waals surface area contributed by atoms with Crippen molar-refractivity contribution in [3.63, 3.8) is 0 Å². The van der Waals surface area contributed by atoms with Crippen molar-refractivity contribution in [3.05, 3.63) is 30.5 Å². The maximum absolute atomic E-state index is 4.95. The molecule has 2 aromatic heterocycles. The fourth-order valence-corrected chi connectivity index (χ4v) is 1.45. The first-order valence-electron chi connectivity index (χ1n) is 3.97. The van der Waals surface area contributed by atoms with Crippen molar-refractivity contribution in [2.75, 3.05) is 11.9 Å². The van der Waals surface area contributed by atoms with E-state index in [0.29, 0.717) is 0 Å². The first-order chi connectivity index (χ1) is 6.45. The van der Waals surface area contributed by atoms with Crippen LogP contribution in [0.1, 0.15) is 5.56 Å². The predicted octanol–water partition coefficient (Wildman–Crippen LogP) is 1.79. The molecule has 0 unspecified atom stereocenters. The summed E-state index contributed by atoms with van der Waals surface area (Å²) in [5.74, 6) is 0. The molecule has 2 heterocycles. The Kier molecular flexibility index (Phi) is 2.56. The number of nitrogens with one attached hydrogen (secondary N) is 1. The summed E-state index contributed by atoms with van der Waals surface area (Å²) >= 11 is 1.36. The molecule has 68 valence electrons. The van der Waals surface area contributed by atoms with E-state index in [4.69, 9.17) is 4.42 Å². The third-order valence-corrected chi connectivity index (χ3v) is 2.25. The van der Waals surface area contributed by atoms with Gasteiger partial charge in [-0.3, -0.25) is 0 Å². The molecular weight excluding hydrogens is 186 g/mol. The minimum absolute atomic E-state index is 0.856. The lowest BCUT2D eigenvalue weighted by Gasteiger charge is -1.98. The number of nitrogens with zero attached hydrogens (tertiary/aromatic N) is 2. The first kappa shape index (κ1) is 8.25. The van der Waals surface area contributed by atoms with E-state index in [1.54, 1.807) is 18.9 Å². The van der Waals surface area contributed by atoms with Gasteiger partial charge in [-0.25, -0.2) is 4.98 Å². The molecule has 0 radical (unpaired) electrons. The number of aromatic nitrogens is 2. The van der Waals surface area contributed by atoms with Crippen LogP contribution in [0.2, 0.25) is 0 Å². The molecule has 0 saturated heterocycles. The highest BCUT2D eigenvalue weighted by molar-refractivity contribution is 7.09. The zero-order valence-corrected chi connectivity index (χ0v) is 7.75. The fourth-order valence-electron chi connectivity index (χ4n) is 1.000. The molecule has 0 aromatic carbocycles. The molecule has 0 amide bonds. The van der Waals surface area contributed by atoms with Crippen molar-refractivity contribution in [2.24, 2.45) is 0 Å². The van der Waals surface area contributed by atoms with Gasteiger partial charge in [0.1, 0.15) is 6.33 Å². The van der Waals surface area contributed by atoms with E-state index in [1.807, 2.05) is 6.07 Å². The average molecular weight is 195 g/mol. The van der Waals surface area contributed by atoms with Gasteiger partial charge in [-0.1, -0.05) is 0 Å². The number of hydrogen-bond donors (Lipinski definition) is 1. The third-order valence-electron chi connectivity index (χ3n) is 1.63. The fraction of sp³-hybridized carbons (Fsp3) is 0.250. The van der Waals surface area contributed by atoms with Crippen molar-refractivity contribution in [2.45, 2.75) is 6.42 Å². The maximum atomic E-state index is 4.95. The van der Waals surface area contributed by atoms with Gasteiger partial charge in [-0.05, 0) is 18.1 Å². The molecule has 0 aliphatic carbocycles. The van der Waals surface area contributed by atoms with Gasteiger partial charge in [-0.2, -0.15) is 4.37 Å². The van der Waals surface area contributed by atoms with Crippen molar-refractivity contribution in [1.29, 1.82) is 0 Å². The van der Waals surface area contributed by atoms with E-state index in [9.17, 15) is 0 Å². The zero-order chi connectivity index (χ0) is 8.93. The van der Waals surface area contributed by atoms with Crippen LogP contribution >= 0.6 is 11.5 Å². The first-order valence-corrected chi connectivity index (χ1v) is 4.74. The van der Waals surface area contributed by atoms with Crippen molar-refractivity contribution in [3.8, 4) is 0 Å². The van der Waals surface area contributed by atoms with E-state index in [1.165, 1.54) is 17.1 Å². The molecule has 0 atom stereocenters. The van der Waals surface area contributed by atoms with Gasteiger partial charge >= 0.3 is 0 Å². The highest BCUT2D eigenvalue weighted by Crippen LogP contribution is 2.07. The molecule has 0 aliphatic rings. The largest absolute Gasteiger partial charge is 0.472 e. The Morgan fingerprint density at radius 1 is 1.54 bits per heavy atom. The number of furan rings is 1. The van der Waals surface area contributed by atoms with Gasteiger partial charge in [0.05, 0.1) is 12.5 Å². The summed E-state index contributed by atoms with van der Waals surface area (Å²) in [5, 5.41) is 4.03. The molecule has 0 spiro atoms. The van der Waals surface area contributed by atoms with Crippen LogP contribution < -0.4 is 5.32 Å². The molecule has 0 fully saturated rings. The maximum Gasteiger partial charge on any atom is 0.202 e. The SMILES string of the molecule is c1nsc(NCCc2ccoc2)n1. The highest BCUT2D eigenvalue weighted by atomic mass is 32.1. The van der Waals surface area contributed by atoms with E-state index in [0.717, 1.165) is 18.1 Å².